The first-order valence-electron chi connectivity index (χ1n) is 5.86. The van der Waals surface area contributed by atoms with Crippen LogP contribution in [0.2, 0.25) is 0 Å². The predicted octanol–water partition coefficient (Wildman–Crippen LogP) is 1.56. The molecule has 3 aromatic rings. The minimum absolute atomic E-state index is 0.220. The van der Waals surface area contributed by atoms with Gasteiger partial charge in [-0.15, -0.1) is 0 Å². The van der Waals surface area contributed by atoms with E-state index in [9.17, 15) is 4.79 Å². The molecule has 0 atom stereocenters. The van der Waals surface area contributed by atoms with E-state index in [0.29, 0.717) is 17.8 Å². The number of nitrogens with one attached hydrogen (secondary N) is 1. The second-order valence-corrected chi connectivity index (χ2v) is 4.14. The number of fused-ring (bicyclic) bond motifs is 1. The van der Waals surface area contributed by atoms with Gasteiger partial charge in [0.25, 0.3) is 5.91 Å². The first-order valence-corrected chi connectivity index (χ1v) is 5.86. The Hall–Kier alpha value is -2.63. The monoisotopic (exact) mass is 256 g/mol. The fourth-order valence-electron chi connectivity index (χ4n) is 1.83. The van der Waals surface area contributed by atoms with E-state index in [1.807, 2.05) is 19.1 Å². The number of carbonyl (C=O) groups is 1. The van der Waals surface area contributed by atoms with Crippen molar-refractivity contribution < 1.29 is 9.21 Å². The van der Waals surface area contributed by atoms with Gasteiger partial charge in [0, 0.05) is 12.4 Å². The SMILES string of the molecule is Cc1ccc(CNC(=O)c2cnn3cccnc23)o1. The van der Waals surface area contributed by atoms with E-state index in [1.165, 1.54) is 6.20 Å². The summed E-state index contributed by atoms with van der Waals surface area (Å²) < 4.78 is 6.95. The molecule has 19 heavy (non-hydrogen) atoms. The van der Waals surface area contributed by atoms with Crippen molar-refractivity contribution in [2.45, 2.75) is 13.5 Å². The number of furan rings is 1. The summed E-state index contributed by atoms with van der Waals surface area (Å²) in [6.07, 6.45) is 4.88. The van der Waals surface area contributed by atoms with Crippen LogP contribution in [0.25, 0.3) is 5.65 Å². The zero-order valence-corrected chi connectivity index (χ0v) is 10.3. The molecule has 0 aliphatic heterocycles. The molecule has 0 saturated heterocycles. The van der Waals surface area contributed by atoms with Gasteiger partial charge in [0.1, 0.15) is 17.1 Å². The minimum atomic E-state index is -0.220. The van der Waals surface area contributed by atoms with Crippen molar-refractivity contribution in [1.82, 2.24) is 19.9 Å². The van der Waals surface area contributed by atoms with Crippen LogP contribution in [0.15, 0.2) is 41.2 Å². The highest BCUT2D eigenvalue weighted by atomic mass is 16.3. The third-order valence-electron chi connectivity index (χ3n) is 2.74. The molecule has 6 heteroatoms. The molecule has 3 rings (SSSR count). The van der Waals surface area contributed by atoms with Gasteiger partial charge in [-0.3, -0.25) is 4.79 Å². The van der Waals surface area contributed by atoms with E-state index in [4.69, 9.17) is 4.42 Å². The number of rotatable bonds is 3. The highest BCUT2D eigenvalue weighted by molar-refractivity contribution is 5.99. The van der Waals surface area contributed by atoms with E-state index in [-0.39, 0.29) is 5.91 Å². The molecule has 1 amide bonds. The van der Waals surface area contributed by atoms with Crippen LogP contribution in [-0.4, -0.2) is 20.5 Å². The Labute approximate surface area is 109 Å². The lowest BCUT2D eigenvalue weighted by molar-refractivity contribution is 0.0949. The molecule has 0 radical (unpaired) electrons. The molecule has 96 valence electrons. The topological polar surface area (TPSA) is 72.4 Å². The van der Waals surface area contributed by atoms with Gasteiger partial charge in [-0.05, 0) is 25.1 Å². The minimum Gasteiger partial charge on any atom is -0.465 e. The van der Waals surface area contributed by atoms with Crippen LogP contribution in [0.3, 0.4) is 0 Å². The molecule has 0 aromatic carbocycles. The average molecular weight is 256 g/mol. The molecule has 6 nitrogen and oxygen atoms in total. The van der Waals surface area contributed by atoms with Gasteiger partial charge in [-0.25, -0.2) is 9.50 Å². The zero-order chi connectivity index (χ0) is 13.2. The number of hydrogen-bond donors (Lipinski definition) is 1. The highest BCUT2D eigenvalue weighted by Gasteiger charge is 2.13. The normalized spacial score (nSPS) is 10.8. The highest BCUT2D eigenvalue weighted by Crippen LogP contribution is 2.09. The Balaban J connectivity index is 1.77. The standard InChI is InChI=1S/C13H12N4O2/c1-9-3-4-10(19-9)7-15-13(18)11-8-16-17-6-2-5-14-12(11)17/h2-6,8H,7H2,1H3,(H,15,18). The molecule has 0 aliphatic rings. The summed E-state index contributed by atoms with van der Waals surface area (Å²) in [7, 11) is 0. The Morgan fingerprint density at radius 3 is 3.16 bits per heavy atom. The number of amides is 1. The first kappa shape index (κ1) is 11.5. The summed E-state index contributed by atoms with van der Waals surface area (Å²) in [5.41, 5.74) is 0.986. The maximum absolute atomic E-state index is 12.1. The Bertz CT molecular complexity index is 729. The van der Waals surface area contributed by atoms with E-state index < -0.39 is 0 Å². The molecule has 3 heterocycles. The van der Waals surface area contributed by atoms with Crippen LogP contribution >= 0.6 is 0 Å². The summed E-state index contributed by atoms with van der Waals surface area (Å²) in [5, 5.41) is 6.85. The number of aryl methyl sites for hydroxylation is 1. The fraction of sp³-hybridized carbons (Fsp3) is 0.154. The van der Waals surface area contributed by atoms with E-state index in [0.717, 1.165) is 11.5 Å². The number of aromatic nitrogens is 3. The van der Waals surface area contributed by atoms with Crippen molar-refractivity contribution in [3.8, 4) is 0 Å². The van der Waals surface area contributed by atoms with Crippen LogP contribution in [0.5, 0.6) is 0 Å². The average Bonchev–Trinajstić information content (AvgIpc) is 3.02. The number of nitrogens with zero attached hydrogens (tertiary/aromatic N) is 3. The van der Waals surface area contributed by atoms with Crippen molar-refractivity contribution in [1.29, 1.82) is 0 Å². The van der Waals surface area contributed by atoms with Crippen LogP contribution < -0.4 is 5.32 Å². The summed E-state index contributed by atoms with van der Waals surface area (Å²) in [4.78, 5) is 16.2. The third-order valence-corrected chi connectivity index (χ3v) is 2.74. The second kappa shape index (κ2) is 4.56. The van der Waals surface area contributed by atoms with Crippen molar-refractivity contribution in [3.63, 3.8) is 0 Å². The largest absolute Gasteiger partial charge is 0.465 e. The molecule has 0 bridgehead atoms. The van der Waals surface area contributed by atoms with Crippen molar-refractivity contribution in [3.05, 3.63) is 53.9 Å². The molecule has 1 N–H and O–H groups in total. The molecule has 0 fully saturated rings. The Kier molecular flexibility index (Phi) is 2.75. The lowest BCUT2D eigenvalue weighted by Crippen LogP contribution is -2.22. The number of hydrogen-bond acceptors (Lipinski definition) is 4. The zero-order valence-electron chi connectivity index (χ0n) is 10.3. The molecular weight excluding hydrogens is 244 g/mol. The van der Waals surface area contributed by atoms with Crippen LogP contribution in [0, 0.1) is 6.92 Å². The van der Waals surface area contributed by atoms with E-state index >= 15 is 0 Å². The molecule has 0 saturated carbocycles. The quantitative estimate of drug-likeness (QED) is 0.771. The predicted molar refractivity (Wildman–Crippen MR) is 67.6 cm³/mol. The molecule has 3 aromatic heterocycles. The summed E-state index contributed by atoms with van der Waals surface area (Å²) in [5.74, 6) is 1.32. The Morgan fingerprint density at radius 1 is 1.47 bits per heavy atom. The smallest absolute Gasteiger partial charge is 0.257 e. The van der Waals surface area contributed by atoms with E-state index in [1.54, 1.807) is 23.0 Å². The maximum Gasteiger partial charge on any atom is 0.257 e. The summed E-state index contributed by atoms with van der Waals surface area (Å²) in [6.45, 7) is 2.21. The van der Waals surface area contributed by atoms with Crippen molar-refractivity contribution in [2.75, 3.05) is 0 Å². The van der Waals surface area contributed by atoms with Crippen LogP contribution in [0.1, 0.15) is 21.9 Å². The lowest BCUT2D eigenvalue weighted by atomic mass is 10.3. The summed E-state index contributed by atoms with van der Waals surface area (Å²) in [6, 6.07) is 5.45. The third kappa shape index (κ3) is 2.20. The molecular formula is C13H12N4O2. The van der Waals surface area contributed by atoms with E-state index in [2.05, 4.69) is 15.4 Å². The second-order valence-electron chi connectivity index (χ2n) is 4.14. The summed E-state index contributed by atoms with van der Waals surface area (Å²) >= 11 is 0. The molecule has 0 spiro atoms. The first-order chi connectivity index (χ1) is 9.24. The number of carbonyl (C=O) groups excluding carboxylic acids is 1. The van der Waals surface area contributed by atoms with Gasteiger partial charge in [0.05, 0.1) is 12.7 Å². The van der Waals surface area contributed by atoms with Gasteiger partial charge >= 0.3 is 0 Å². The molecule has 0 aliphatic carbocycles. The lowest BCUT2D eigenvalue weighted by Gasteiger charge is -2.01. The van der Waals surface area contributed by atoms with Gasteiger partial charge in [0.15, 0.2) is 5.65 Å². The Morgan fingerprint density at radius 2 is 2.37 bits per heavy atom. The fourth-order valence-corrected chi connectivity index (χ4v) is 1.83. The van der Waals surface area contributed by atoms with Gasteiger partial charge < -0.3 is 9.73 Å². The van der Waals surface area contributed by atoms with Crippen LogP contribution in [0.4, 0.5) is 0 Å². The maximum atomic E-state index is 12.1. The van der Waals surface area contributed by atoms with Gasteiger partial charge in [0.2, 0.25) is 0 Å². The van der Waals surface area contributed by atoms with Crippen LogP contribution in [-0.2, 0) is 6.54 Å². The van der Waals surface area contributed by atoms with Gasteiger partial charge in [-0.2, -0.15) is 5.10 Å². The molecule has 0 unspecified atom stereocenters. The van der Waals surface area contributed by atoms with Crippen molar-refractivity contribution >= 4 is 11.6 Å². The van der Waals surface area contributed by atoms with Crippen molar-refractivity contribution in [2.24, 2.45) is 0 Å². The van der Waals surface area contributed by atoms with Gasteiger partial charge in [-0.1, -0.05) is 0 Å².